The number of carbonyl (C=O) groups excluding carboxylic acids is 4. The van der Waals surface area contributed by atoms with E-state index in [2.05, 4.69) is 10.6 Å². The fourth-order valence-electron chi connectivity index (χ4n) is 2.39. The van der Waals surface area contributed by atoms with E-state index in [0.717, 1.165) is 0 Å². The van der Waals surface area contributed by atoms with Crippen LogP contribution in [-0.2, 0) is 4.79 Å². The summed E-state index contributed by atoms with van der Waals surface area (Å²) in [6, 6.07) is 10.4. The summed E-state index contributed by atoms with van der Waals surface area (Å²) in [6.45, 7) is 0. The number of para-hydroxylation sites is 2. The molecule has 0 atom stereocenters. The van der Waals surface area contributed by atoms with Crippen LogP contribution in [0.5, 0.6) is 5.75 Å². The van der Waals surface area contributed by atoms with E-state index in [1.54, 1.807) is 24.3 Å². The Balaban J connectivity index is 1.80. The summed E-state index contributed by atoms with van der Waals surface area (Å²) in [5.41, 5.74) is 0.761. The minimum Gasteiger partial charge on any atom is -0.495 e. The van der Waals surface area contributed by atoms with Gasteiger partial charge in [0.1, 0.15) is 5.75 Å². The number of Topliss-reactive ketones (excluding diaryl/α,β-unsaturated/α-hetero) is 1. The van der Waals surface area contributed by atoms with Gasteiger partial charge in [-0.3, -0.25) is 19.7 Å². The van der Waals surface area contributed by atoms with Gasteiger partial charge >= 0.3 is 6.03 Å². The Kier molecular flexibility index (Phi) is 4.17. The van der Waals surface area contributed by atoms with E-state index in [-0.39, 0.29) is 16.8 Å². The maximum Gasteiger partial charge on any atom is 0.323 e. The second-order valence-electron chi connectivity index (χ2n) is 5.15. The third-order valence-corrected chi connectivity index (χ3v) is 3.56. The van der Waals surface area contributed by atoms with Crippen LogP contribution in [0.3, 0.4) is 0 Å². The van der Waals surface area contributed by atoms with Crippen molar-refractivity contribution in [2.24, 2.45) is 0 Å². The molecule has 126 valence electrons. The van der Waals surface area contributed by atoms with Crippen LogP contribution in [-0.4, -0.2) is 30.7 Å². The lowest BCUT2D eigenvalue weighted by molar-refractivity contribution is -0.116. The van der Waals surface area contributed by atoms with Gasteiger partial charge in [0, 0.05) is 11.3 Å². The molecule has 25 heavy (non-hydrogen) atoms. The molecule has 0 saturated heterocycles. The number of nitrogens with one attached hydrogen (secondary N) is 3. The van der Waals surface area contributed by atoms with Crippen molar-refractivity contribution in [1.29, 1.82) is 0 Å². The van der Waals surface area contributed by atoms with Crippen molar-refractivity contribution < 1.29 is 23.9 Å². The summed E-state index contributed by atoms with van der Waals surface area (Å²) in [7, 11) is 1.48. The molecule has 0 saturated carbocycles. The van der Waals surface area contributed by atoms with Gasteiger partial charge in [-0.05, 0) is 30.3 Å². The molecule has 2 aromatic carbocycles. The molecular weight excluding hydrogens is 326 g/mol. The van der Waals surface area contributed by atoms with Gasteiger partial charge in [-0.25, -0.2) is 4.79 Å². The molecule has 0 bridgehead atoms. The molecule has 4 amide bonds. The Hall–Kier alpha value is -3.68. The Bertz CT molecular complexity index is 907. The third-order valence-electron chi connectivity index (χ3n) is 3.56. The zero-order valence-electron chi connectivity index (χ0n) is 13.1. The summed E-state index contributed by atoms with van der Waals surface area (Å²) in [5, 5.41) is 7.10. The van der Waals surface area contributed by atoms with Crippen LogP contribution < -0.4 is 20.7 Å². The standard InChI is InChI=1S/C17H13N3O5/c1-25-13-5-3-2-4-12(13)19-17(24)18-9-6-7-10-11(8-9)14(21)16(23)20-15(10)22/h2-8H,1H3,(H2,18,19,24)(H,20,22,23). The van der Waals surface area contributed by atoms with Gasteiger partial charge in [-0.15, -0.1) is 0 Å². The van der Waals surface area contributed by atoms with Gasteiger partial charge in [-0.2, -0.15) is 0 Å². The topological polar surface area (TPSA) is 114 Å². The molecule has 8 heteroatoms. The van der Waals surface area contributed by atoms with Crippen molar-refractivity contribution >= 4 is 35.0 Å². The van der Waals surface area contributed by atoms with Crippen LogP contribution in [0.25, 0.3) is 0 Å². The molecule has 1 aliphatic heterocycles. The first-order chi connectivity index (χ1) is 12.0. The zero-order valence-corrected chi connectivity index (χ0v) is 13.1. The number of amides is 4. The summed E-state index contributed by atoms with van der Waals surface area (Å²) < 4.78 is 5.14. The highest BCUT2D eigenvalue weighted by atomic mass is 16.5. The first-order valence-corrected chi connectivity index (χ1v) is 7.24. The summed E-state index contributed by atoms with van der Waals surface area (Å²) >= 11 is 0. The van der Waals surface area contributed by atoms with Crippen molar-refractivity contribution in [3.63, 3.8) is 0 Å². The van der Waals surface area contributed by atoms with Crippen molar-refractivity contribution in [2.45, 2.75) is 0 Å². The maximum absolute atomic E-state index is 12.1. The molecule has 0 radical (unpaired) electrons. The lowest BCUT2D eigenvalue weighted by atomic mass is 9.98. The molecule has 0 aromatic heterocycles. The van der Waals surface area contributed by atoms with E-state index in [0.29, 0.717) is 11.4 Å². The van der Waals surface area contributed by atoms with Gasteiger partial charge < -0.3 is 15.4 Å². The van der Waals surface area contributed by atoms with Crippen molar-refractivity contribution in [2.75, 3.05) is 17.7 Å². The number of fused-ring (bicyclic) bond motifs is 1. The molecule has 0 spiro atoms. The number of rotatable bonds is 3. The second-order valence-corrected chi connectivity index (χ2v) is 5.15. The summed E-state index contributed by atoms with van der Waals surface area (Å²) in [5.74, 6) is -1.98. The Morgan fingerprint density at radius 3 is 2.48 bits per heavy atom. The minimum absolute atomic E-state index is 0.0520. The quantitative estimate of drug-likeness (QED) is 0.583. The number of carbonyl (C=O) groups is 4. The highest BCUT2D eigenvalue weighted by Crippen LogP contribution is 2.24. The molecule has 0 unspecified atom stereocenters. The Labute approximate surface area is 142 Å². The van der Waals surface area contributed by atoms with Gasteiger partial charge in [0.2, 0.25) is 0 Å². The smallest absolute Gasteiger partial charge is 0.323 e. The molecule has 1 aliphatic rings. The average Bonchev–Trinajstić information content (AvgIpc) is 2.60. The molecule has 8 nitrogen and oxygen atoms in total. The van der Waals surface area contributed by atoms with Crippen LogP contribution in [0.4, 0.5) is 16.2 Å². The lowest BCUT2D eigenvalue weighted by Gasteiger charge is -2.16. The molecule has 0 aliphatic carbocycles. The number of urea groups is 1. The summed E-state index contributed by atoms with van der Waals surface area (Å²) in [6.07, 6.45) is 0. The predicted molar refractivity (Wildman–Crippen MR) is 88.9 cm³/mol. The number of hydrogen-bond donors (Lipinski definition) is 3. The lowest BCUT2D eigenvalue weighted by Crippen LogP contribution is -2.42. The monoisotopic (exact) mass is 339 g/mol. The first kappa shape index (κ1) is 16.2. The highest BCUT2D eigenvalue weighted by Gasteiger charge is 2.30. The van der Waals surface area contributed by atoms with E-state index in [4.69, 9.17) is 4.74 Å². The minimum atomic E-state index is -0.992. The van der Waals surface area contributed by atoms with Crippen LogP contribution in [0.1, 0.15) is 20.7 Å². The van der Waals surface area contributed by atoms with Crippen molar-refractivity contribution in [3.05, 3.63) is 53.6 Å². The largest absolute Gasteiger partial charge is 0.495 e. The molecular formula is C17H13N3O5. The van der Waals surface area contributed by atoms with Crippen LogP contribution >= 0.6 is 0 Å². The Morgan fingerprint density at radius 1 is 0.960 bits per heavy atom. The van der Waals surface area contributed by atoms with Gasteiger partial charge in [-0.1, -0.05) is 12.1 Å². The van der Waals surface area contributed by atoms with Crippen molar-refractivity contribution in [3.8, 4) is 5.75 Å². The van der Waals surface area contributed by atoms with Crippen LogP contribution in [0.2, 0.25) is 0 Å². The molecule has 2 aromatic rings. The van der Waals surface area contributed by atoms with Gasteiger partial charge in [0.15, 0.2) is 0 Å². The van der Waals surface area contributed by atoms with E-state index >= 15 is 0 Å². The predicted octanol–water partition coefficient (Wildman–Crippen LogP) is 1.79. The van der Waals surface area contributed by atoms with Gasteiger partial charge in [0.25, 0.3) is 17.6 Å². The van der Waals surface area contributed by atoms with Crippen molar-refractivity contribution in [1.82, 2.24) is 5.32 Å². The van der Waals surface area contributed by atoms with Gasteiger partial charge in [0.05, 0.1) is 18.4 Å². The zero-order chi connectivity index (χ0) is 18.0. The van der Waals surface area contributed by atoms with E-state index in [1.165, 1.54) is 25.3 Å². The van der Waals surface area contributed by atoms with E-state index < -0.39 is 23.6 Å². The fourth-order valence-corrected chi connectivity index (χ4v) is 2.39. The normalized spacial score (nSPS) is 12.9. The summed E-state index contributed by atoms with van der Waals surface area (Å²) in [4.78, 5) is 47.1. The fraction of sp³-hybridized carbons (Fsp3) is 0.0588. The number of ether oxygens (including phenoxy) is 1. The first-order valence-electron chi connectivity index (χ1n) is 7.24. The second kappa shape index (κ2) is 6.44. The molecule has 0 fully saturated rings. The van der Waals surface area contributed by atoms with Crippen LogP contribution in [0, 0.1) is 0 Å². The number of benzene rings is 2. The maximum atomic E-state index is 12.1. The molecule has 3 N–H and O–H groups in total. The average molecular weight is 339 g/mol. The third kappa shape index (κ3) is 3.18. The van der Waals surface area contributed by atoms with E-state index in [9.17, 15) is 19.2 Å². The highest BCUT2D eigenvalue weighted by molar-refractivity contribution is 6.49. The van der Waals surface area contributed by atoms with Crippen LogP contribution in [0.15, 0.2) is 42.5 Å². The number of hydrogen-bond acceptors (Lipinski definition) is 5. The SMILES string of the molecule is COc1ccccc1NC(=O)Nc1ccc2c(c1)C(=O)C(=O)NC2=O. The number of methoxy groups -OCH3 is 1. The molecule has 3 rings (SSSR count). The Morgan fingerprint density at radius 2 is 1.72 bits per heavy atom. The number of imide groups is 1. The number of ketones is 1. The number of anilines is 2. The van der Waals surface area contributed by atoms with E-state index in [1.807, 2.05) is 5.32 Å². The molecule has 1 heterocycles.